The Morgan fingerprint density at radius 1 is 0.947 bits per heavy atom. The first-order chi connectivity index (χ1) is 35.6. The second-order valence-corrected chi connectivity index (χ2v) is 20.4. The van der Waals surface area contributed by atoms with Crippen LogP contribution in [0, 0.1) is 42.4 Å². The van der Waals surface area contributed by atoms with E-state index in [1.54, 1.807) is 19.2 Å². The standard InChI is InChI=1S/C20H32F3N3O4.C16H29N3O4.C7H6Cl2.C7H12.C4H11N.C2H6/c1-5-14(6-2)12-15(19(30)25(4)10-11-27)24-17(28)16-8-7-9-26(16)18(29)13(3)20(21,22)23;1-5-8-19(14(21)12(17-4)9-11(2)3)10-13(20)18-16(6-7-16)15(22)23;1-5-4-6(8)2-3-7(5)9;1-4-5-6-7(2)3;1-2-3-4-5;1-2/h11,13-16H,5-10,12H2,1-4H3,(H,24,28);11-12,17H,5-10H2,1-4H3,(H,18,20)(H,22,23);2-4H,1H3;7H,6H2,1-3H3;2-5H2,1H3;1-2H3. The van der Waals surface area contributed by atoms with E-state index in [0.29, 0.717) is 50.9 Å². The summed E-state index contributed by atoms with van der Waals surface area (Å²) in [5, 5.41) is 18.8. The molecule has 4 unspecified atom stereocenters. The summed E-state index contributed by atoms with van der Waals surface area (Å²) in [5.74, 6) is 1.13. The van der Waals surface area contributed by atoms with Crippen LogP contribution in [0.1, 0.15) is 166 Å². The number of likely N-dealkylation sites (N-methyl/N-ethyl adjacent to an activating group) is 2. The molecule has 0 radical (unpaired) electrons. The van der Waals surface area contributed by atoms with E-state index in [9.17, 15) is 46.7 Å². The van der Waals surface area contributed by atoms with Crippen molar-refractivity contribution < 1.29 is 51.8 Å². The number of alkyl halides is 3. The van der Waals surface area contributed by atoms with Gasteiger partial charge in [0.05, 0.1) is 19.1 Å². The van der Waals surface area contributed by atoms with Crippen molar-refractivity contribution in [3.8, 4) is 11.8 Å². The van der Waals surface area contributed by atoms with E-state index in [-0.39, 0.29) is 43.9 Å². The topological polar surface area (TPSA) is 212 Å². The Balaban J connectivity index is -0.00000101. The number of aliphatic carboxylic acids is 1. The summed E-state index contributed by atoms with van der Waals surface area (Å²) in [6.07, 6.45) is 4.18. The average Bonchev–Trinajstić information content (AvgIpc) is 3.99. The summed E-state index contributed by atoms with van der Waals surface area (Å²) in [6.45, 7) is 26.1. The van der Waals surface area contributed by atoms with Gasteiger partial charge in [0.1, 0.15) is 29.8 Å². The van der Waals surface area contributed by atoms with Crippen LogP contribution in [0.5, 0.6) is 0 Å². The number of benzene rings is 1. The lowest BCUT2D eigenvalue weighted by Gasteiger charge is -2.30. The molecule has 0 spiro atoms. The molecule has 1 aromatic rings. The Morgan fingerprint density at radius 3 is 1.92 bits per heavy atom. The third-order valence-corrected chi connectivity index (χ3v) is 12.8. The maximum Gasteiger partial charge on any atom is 0.400 e. The smallest absolute Gasteiger partial charge is 0.400 e. The highest BCUT2D eigenvalue weighted by molar-refractivity contribution is 6.33. The molecule has 6 N–H and O–H groups in total. The fraction of sp³-hybridized carbons (Fsp3) is 0.732. The third kappa shape index (κ3) is 31.1. The molecular formula is C56H96Cl2F3N7O8. The molecule has 3 rings (SSSR count). The van der Waals surface area contributed by atoms with Crippen LogP contribution in [0.2, 0.25) is 10.0 Å². The maximum absolute atomic E-state index is 13.0. The number of nitrogens with zero attached hydrogens (tertiary/aromatic N) is 3. The summed E-state index contributed by atoms with van der Waals surface area (Å²) < 4.78 is 38.9. The summed E-state index contributed by atoms with van der Waals surface area (Å²) in [4.78, 5) is 88.2. The molecule has 1 aliphatic carbocycles. The molecule has 4 atom stereocenters. The van der Waals surface area contributed by atoms with Crippen LogP contribution in [0.3, 0.4) is 0 Å². The minimum absolute atomic E-state index is 0.0630. The first-order valence-corrected chi connectivity index (χ1v) is 27.7. The molecular weight excluding hydrogens is 1030 g/mol. The minimum Gasteiger partial charge on any atom is -0.480 e. The molecule has 1 aromatic carbocycles. The van der Waals surface area contributed by atoms with E-state index >= 15 is 0 Å². The SMILES string of the molecule is CC.CC#CCC(C)C.CCC(CC)CC(NC(=O)C1CCCN1C(=O)C(C)C(F)(F)F)C(=O)N(C)CC=O.CCCCN.CCCN(CC(=O)NC1(C(=O)O)CC1)C(=O)C(CC(C)C)NC.Cc1cc(Cl)ccc1Cl. The Hall–Kier alpha value is -4.44. The maximum atomic E-state index is 13.0. The third-order valence-electron chi connectivity index (χ3n) is 12.2. The van der Waals surface area contributed by atoms with Crippen molar-refractivity contribution in [2.24, 2.45) is 29.4 Å². The van der Waals surface area contributed by atoms with Gasteiger partial charge in [-0.05, 0) is 127 Å². The van der Waals surface area contributed by atoms with Gasteiger partial charge in [-0.2, -0.15) is 13.2 Å². The molecule has 1 aliphatic heterocycles. The van der Waals surface area contributed by atoms with E-state index in [1.165, 1.54) is 29.7 Å². The number of aryl methyl sites for hydroxylation is 1. The number of halogens is 5. The monoisotopic (exact) mass is 1120 g/mol. The Labute approximate surface area is 464 Å². The molecule has 5 amide bonds. The van der Waals surface area contributed by atoms with Gasteiger partial charge in [0.25, 0.3) is 0 Å². The van der Waals surface area contributed by atoms with E-state index in [1.807, 2.05) is 68.4 Å². The van der Waals surface area contributed by atoms with Crippen LogP contribution in [0.25, 0.3) is 0 Å². The van der Waals surface area contributed by atoms with Crippen molar-refractivity contribution in [3.63, 3.8) is 0 Å². The normalized spacial score (nSPS) is 15.0. The van der Waals surface area contributed by atoms with Crippen LogP contribution in [0.4, 0.5) is 13.2 Å². The van der Waals surface area contributed by atoms with Crippen LogP contribution >= 0.6 is 23.2 Å². The summed E-state index contributed by atoms with van der Waals surface area (Å²) >= 11 is 11.4. The van der Waals surface area contributed by atoms with Gasteiger partial charge in [-0.25, -0.2) is 4.79 Å². The molecule has 2 aliphatic rings. The number of carboxylic acids is 1. The molecule has 2 fully saturated rings. The van der Waals surface area contributed by atoms with Crippen molar-refractivity contribution in [1.29, 1.82) is 0 Å². The highest BCUT2D eigenvalue weighted by atomic mass is 35.5. The number of aldehydes is 1. The summed E-state index contributed by atoms with van der Waals surface area (Å²) in [6, 6.07) is 3.12. The van der Waals surface area contributed by atoms with E-state index < -0.39 is 59.3 Å². The van der Waals surface area contributed by atoms with Gasteiger partial charge in [0, 0.05) is 36.6 Å². The Bertz CT molecular complexity index is 1920. The predicted octanol–water partition coefficient (Wildman–Crippen LogP) is 9.87. The lowest BCUT2D eigenvalue weighted by molar-refractivity contribution is -0.186. The molecule has 0 aromatic heterocycles. The van der Waals surface area contributed by atoms with E-state index in [2.05, 4.69) is 48.6 Å². The van der Waals surface area contributed by atoms with Gasteiger partial charge in [0.15, 0.2) is 0 Å². The highest BCUT2D eigenvalue weighted by Gasteiger charge is 2.52. The molecule has 438 valence electrons. The average molecular weight is 1120 g/mol. The van der Waals surface area contributed by atoms with Gasteiger partial charge in [-0.1, -0.05) is 112 Å². The minimum atomic E-state index is -4.69. The molecule has 1 saturated heterocycles. The molecule has 15 nitrogen and oxygen atoms in total. The number of carbonyl (C=O) groups excluding carboxylic acids is 6. The van der Waals surface area contributed by atoms with Crippen LogP contribution in [0.15, 0.2) is 18.2 Å². The number of rotatable bonds is 23. The van der Waals surface area contributed by atoms with Gasteiger partial charge in [0.2, 0.25) is 29.5 Å². The quantitative estimate of drug-likeness (QED) is 0.0517. The lowest BCUT2D eigenvalue weighted by Crippen LogP contribution is -2.55. The van der Waals surface area contributed by atoms with E-state index in [4.69, 9.17) is 34.0 Å². The number of likely N-dealkylation sites (tertiary alicyclic amines) is 1. The first kappa shape index (κ1) is 75.8. The number of carbonyl (C=O) groups is 7. The lowest BCUT2D eigenvalue weighted by atomic mass is 9.93. The number of unbranched alkanes of at least 4 members (excludes halogenated alkanes) is 1. The second kappa shape index (κ2) is 41.6. The largest absolute Gasteiger partial charge is 0.480 e. The number of hydrogen-bond acceptors (Lipinski definition) is 9. The molecule has 1 saturated carbocycles. The van der Waals surface area contributed by atoms with Crippen molar-refractivity contribution >= 4 is 65.0 Å². The number of nitrogens with two attached hydrogens (primary N) is 1. The fourth-order valence-corrected chi connectivity index (χ4v) is 7.64. The van der Waals surface area contributed by atoms with Crippen LogP contribution in [-0.4, -0.2) is 138 Å². The number of hydrogen-bond donors (Lipinski definition) is 5. The van der Waals surface area contributed by atoms with Gasteiger partial charge in [-0.15, -0.1) is 11.8 Å². The van der Waals surface area contributed by atoms with E-state index in [0.717, 1.165) is 65.6 Å². The van der Waals surface area contributed by atoms with Gasteiger partial charge < -0.3 is 46.3 Å². The highest BCUT2D eigenvalue weighted by Crippen LogP contribution is 2.35. The van der Waals surface area contributed by atoms with Gasteiger partial charge >= 0.3 is 12.1 Å². The number of amides is 5. The summed E-state index contributed by atoms with van der Waals surface area (Å²) in [5.41, 5.74) is 5.04. The molecule has 1 heterocycles. The molecule has 76 heavy (non-hydrogen) atoms. The van der Waals surface area contributed by atoms with Crippen LogP contribution < -0.4 is 21.7 Å². The molecule has 20 heteroatoms. The zero-order valence-corrected chi connectivity index (χ0v) is 50.0. The fourth-order valence-electron chi connectivity index (χ4n) is 7.29. The summed E-state index contributed by atoms with van der Waals surface area (Å²) in [7, 11) is 3.18. The molecule has 0 bridgehead atoms. The Morgan fingerprint density at radius 2 is 1.54 bits per heavy atom. The zero-order chi connectivity index (χ0) is 59.4. The second-order valence-electron chi connectivity index (χ2n) is 19.5. The van der Waals surface area contributed by atoms with Crippen molar-refractivity contribution in [2.45, 2.75) is 197 Å². The van der Waals surface area contributed by atoms with Crippen molar-refractivity contribution in [2.75, 3.05) is 46.8 Å². The van der Waals surface area contributed by atoms with Crippen molar-refractivity contribution in [1.82, 2.24) is 30.7 Å². The zero-order valence-electron chi connectivity index (χ0n) is 48.5. The Kier molecular flexibility index (Phi) is 41.5. The van der Waals surface area contributed by atoms with Crippen molar-refractivity contribution in [3.05, 3.63) is 33.8 Å². The van der Waals surface area contributed by atoms with Gasteiger partial charge in [-0.3, -0.25) is 24.0 Å². The number of nitrogens with one attached hydrogen (secondary N) is 3. The van der Waals surface area contributed by atoms with Crippen LogP contribution in [-0.2, 0) is 33.6 Å². The predicted molar refractivity (Wildman–Crippen MR) is 301 cm³/mol. The number of carboxylic acid groups (broad SMARTS) is 1. The first-order valence-electron chi connectivity index (χ1n) is 27.0.